The fourth-order valence-electron chi connectivity index (χ4n) is 2.33. The fourth-order valence-corrected chi connectivity index (χ4v) is 2.33. The van der Waals surface area contributed by atoms with Gasteiger partial charge in [0.15, 0.2) is 12.6 Å². The van der Waals surface area contributed by atoms with Crippen LogP contribution >= 0.6 is 0 Å². The van der Waals surface area contributed by atoms with E-state index in [9.17, 15) is 4.79 Å². The zero-order valence-corrected chi connectivity index (χ0v) is 16.5. The molecule has 25 heavy (non-hydrogen) atoms. The monoisotopic (exact) mass is 360 g/mol. The van der Waals surface area contributed by atoms with E-state index in [1.807, 2.05) is 46.8 Å². The predicted octanol–water partition coefficient (Wildman–Crippen LogP) is 3.49. The van der Waals surface area contributed by atoms with Gasteiger partial charge in [-0.1, -0.05) is 12.2 Å². The van der Waals surface area contributed by atoms with Gasteiger partial charge in [-0.2, -0.15) is 0 Å². The first-order valence-electron chi connectivity index (χ1n) is 9.37. The lowest BCUT2D eigenvalue weighted by Crippen LogP contribution is -2.24. The van der Waals surface area contributed by atoms with E-state index in [1.54, 1.807) is 0 Å². The summed E-state index contributed by atoms with van der Waals surface area (Å²) >= 11 is 0. The zero-order chi connectivity index (χ0) is 18.9. The Balaban J connectivity index is 4.50. The van der Waals surface area contributed by atoms with Gasteiger partial charge in [-0.25, -0.2) is 0 Å². The van der Waals surface area contributed by atoms with Crippen LogP contribution in [-0.4, -0.2) is 57.5 Å². The van der Waals surface area contributed by atoms with Crippen LogP contribution in [0, 0.1) is 0 Å². The Morgan fingerprint density at radius 1 is 0.720 bits per heavy atom. The molecular weight excluding hydrogens is 324 g/mol. The molecular formula is C19H36O6. The minimum absolute atomic E-state index is 0.0566. The molecule has 0 fully saturated rings. The van der Waals surface area contributed by atoms with Gasteiger partial charge >= 0.3 is 0 Å². The number of carbonyl (C=O) groups excluding carboxylic acids is 1. The number of hydrogen-bond acceptors (Lipinski definition) is 6. The number of Topliss-reactive ketones (excluding diaryl/α,β-unsaturated/α-hetero) is 1. The molecule has 0 aromatic rings. The lowest BCUT2D eigenvalue weighted by Gasteiger charge is -2.18. The van der Waals surface area contributed by atoms with Crippen LogP contribution in [0.5, 0.6) is 0 Å². The fraction of sp³-hybridized carbons (Fsp3) is 0.842. The smallest absolute Gasteiger partial charge is 0.164 e. The highest BCUT2D eigenvalue weighted by Crippen LogP contribution is 2.10. The summed E-state index contributed by atoms with van der Waals surface area (Å²) < 4.78 is 27.5. The number of hydrogen-bond donors (Lipinski definition) is 0. The maximum absolute atomic E-state index is 12.3. The quantitative estimate of drug-likeness (QED) is 0.292. The van der Waals surface area contributed by atoms with Gasteiger partial charge in [0.1, 0.15) is 5.78 Å². The molecule has 6 heteroatoms. The molecule has 0 aliphatic heterocycles. The number of carbonyl (C=O) groups is 1. The van der Waals surface area contributed by atoms with Crippen LogP contribution in [0.3, 0.4) is 0 Å². The van der Waals surface area contributed by atoms with Crippen molar-refractivity contribution in [2.75, 3.05) is 33.0 Å². The molecule has 0 rings (SSSR count). The van der Waals surface area contributed by atoms with E-state index in [2.05, 4.69) is 0 Å². The van der Waals surface area contributed by atoms with E-state index in [1.165, 1.54) is 0 Å². The van der Waals surface area contributed by atoms with Gasteiger partial charge in [0.05, 0.1) is 12.5 Å². The Hall–Kier alpha value is -0.790. The zero-order valence-electron chi connectivity index (χ0n) is 16.5. The second-order valence-corrected chi connectivity index (χ2v) is 5.29. The van der Waals surface area contributed by atoms with Crippen LogP contribution in [0.15, 0.2) is 12.2 Å². The first-order valence-corrected chi connectivity index (χ1v) is 9.37. The van der Waals surface area contributed by atoms with Crippen molar-refractivity contribution in [3.8, 4) is 0 Å². The second-order valence-electron chi connectivity index (χ2n) is 5.29. The largest absolute Gasteiger partial charge is 0.374 e. The van der Waals surface area contributed by atoms with Crippen LogP contribution in [0.1, 0.15) is 53.9 Å². The Morgan fingerprint density at radius 2 is 1.20 bits per heavy atom. The molecule has 0 spiro atoms. The molecule has 0 aromatic heterocycles. The molecule has 0 aliphatic rings. The predicted molar refractivity (Wildman–Crippen MR) is 97.5 cm³/mol. The standard InChI is InChI=1S/C19H36O6/c1-6-21-17(12-11-13-18(22-7-2)23-8-3)14-16(20)15-19(24-9-4)25-10-5/h11-12,17-19H,6-10,13-15H2,1-5H3. The molecule has 0 heterocycles. The lowest BCUT2D eigenvalue weighted by molar-refractivity contribution is -0.153. The van der Waals surface area contributed by atoms with Crippen molar-refractivity contribution in [1.29, 1.82) is 0 Å². The highest BCUT2D eigenvalue weighted by molar-refractivity contribution is 5.79. The third kappa shape index (κ3) is 13.1. The van der Waals surface area contributed by atoms with Crippen molar-refractivity contribution in [3.63, 3.8) is 0 Å². The van der Waals surface area contributed by atoms with Crippen molar-refractivity contribution >= 4 is 5.78 Å². The molecule has 0 N–H and O–H groups in total. The van der Waals surface area contributed by atoms with Gasteiger partial charge in [0.2, 0.25) is 0 Å². The molecule has 1 unspecified atom stereocenters. The van der Waals surface area contributed by atoms with Gasteiger partial charge < -0.3 is 23.7 Å². The average Bonchev–Trinajstić information content (AvgIpc) is 2.55. The summed E-state index contributed by atoms with van der Waals surface area (Å²) in [5, 5.41) is 0. The van der Waals surface area contributed by atoms with Crippen LogP contribution in [0.4, 0.5) is 0 Å². The van der Waals surface area contributed by atoms with Crippen molar-refractivity contribution < 1.29 is 28.5 Å². The summed E-state index contributed by atoms with van der Waals surface area (Å²) in [7, 11) is 0. The topological polar surface area (TPSA) is 63.2 Å². The van der Waals surface area contributed by atoms with Crippen molar-refractivity contribution in [2.24, 2.45) is 0 Å². The molecule has 0 saturated carbocycles. The summed E-state index contributed by atoms with van der Waals surface area (Å²) in [6, 6.07) is 0. The Kier molecular flexibility index (Phi) is 16.1. The van der Waals surface area contributed by atoms with Crippen molar-refractivity contribution in [1.82, 2.24) is 0 Å². The minimum atomic E-state index is -0.478. The lowest BCUT2D eigenvalue weighted by atomic mass is 10.1. The van der Waals surface area contributed by atoms with Crippen LogP contribution in [-0.2, 0) is 28.5 Å². The molecule has 148 valence electrons. The second kappa shape index (κ2) is 16.7. The van der Waals surface area contributed by atoms with Gasteiger partial charge in [0, 0.05) is 45.9 Å². The highest BCUT2D eigenvalue weighted by atomic mass is 16.7. The SMILES string of the molecule is CCOC(C=CCC(OCC)OCC)CC(=O)CC(OCC)OCC. The molecule has 1 atom stereocenters. The van der Waals surface area contributed by atoms with Gasteiger partial charge in [-0.05, 0) is 34.6 Å². The molecule has 0 aliphatic carbocycles. The Labute approximate surface area is 152 Å². The van der Waals surface area contributed by atoms with Gasteiger partial charge in [-0.3, -0.25) is 4.79 Å². The van der Waals surface area contributed by atoms with E-state index < -0.39 is 6.29 Å². The van der Waals surface area contributed by atoms with Gasteiger partial charge in [-0.15, -0.1) is 0 Å². The molecule has 0 radical (unpaired) electrons. The van der Waals surface area contributed by atoms with Crippen molar-refractivity contribution in [3.05, 3.63) is 12.2 Å². The number of ketones is 1. The van der Waals surface area contributed by atoms with Crippen LogP contribution in [0.25, 0.3) is 0 Å². The Morgan fingerprint density at radius 3 is 1.68 bits per heavy atom. The van der Waals surface area contributed by atoms with E-state index in [-0.39, 0.29) is 24.6 Å². The summed E-state index contributed by atoms with van der Waals surface area (Å²) in [4.78, 5) is 12.3. The molecule has 0 saturated heterocycles. The number of ether oxygens (including phenoxy) is 5. The molecule has 6 nitrogen and oxygen atoms in total. The minimum Gasteiger partial charge on any atom is -0.374 e. The summed E-state index contributed by atoms with van der Waals surface area (Å²) in [5.41, 5.74) is 0. The average molecular weight is 360 g/mol. The maximum atomic E-state index is 12.3. The summed E-state index contributed by atoms with van der Waals surface area (Å²) in [6.45, 7) is 12.3. The summed E-state index contributed by atoms with van der Waals surface area (Å²) in [6.07, 6.45) is 4.02. The van der Waals surface area contributed by atoms with Gasteiger partial charge in [0.25, 0.3) is 0 Å². The van der Waals surface area contributed by atoms with E-state index in [0.717, 1.165) is 0 Å². The summed E-state index contributed by atoms with van der Waals surface area (Å²) in [5.74, 6) is 0.0566. The highest BCUT2D eigenvalue weighted by Gasteiger charge is 2.17. The molecule has 0 bridgehead atoms. The third-order valence-corrected chi connectivity index (χ3v) is 3.29. The van der Waals surface area contributed by atoms with E-state index in [0.29, 0.717) is 45.9 Å². The maximum Gasteiger partial charge on any atom is 0.164 e. The number of rotatable bonds is 17. The third-order valence-electron chi connectivity index (χ3n) is 3.29. The molecule has 0 amide bonds. The first-order chi connectivity index (χ1) is 12.1. The normalized spacial score (nSPS) is 13.2. The van der Waals surface area contributed by atoms with Crippen LogP contribution in [0.2, 0.25) is 0 Å². The Bertz CT molecular complexity index is 333. The van der Waals surface area contributed by atoms with E-state index >= 15 is 0 Å². The first kappa shape index (κ1) is 24.2. The molecule has 0 aromatic carbocycles. The van der Waals surface area contributed by atoms with E-state index in [4.69, 9.17) is 23.7 Å². The van der Waals surface area contributed by atoms with Crippen LogP contribution < -0.4 is 0 Å². The van der Waals surface area contributed by atoms with Crippen molar-refractivity contribution in [2.45, 2.75) is 72.6 Å².